The smallest absolute Gasteiger partial charge is 0.389 e. The molecule has 3 aromatic rings. The molecule has 1 aliphatic rings. The van der Waals surface area contributed by atoms with Crippen molar-refractivity contribution in [2.45, 2.75) is 37.8 Å². The number of fused-ring (bicyclic) bond motifs is 1. The second-order valence-electron chi connectivity index (χ2n) is 8.64. The van der Waals surface area contributed by atoms with Gasteiger partial charge in [-0.25, -0.2) is 22.5 Å². The summed E-state index contributed by atoms with van der Waals surface area (Å²) < 4.78 is 98.2. The third-order valence-corrected chi connectivity index (χ3v) is 6.05. The van der Waals surface area contributed by atoms with Crippen molar-refractivity contribution in [3.05, 3.63) is 63.5 Å². The molecule has 3 N–H and O–H groups in total. The van der Waals surface area contributed by atoms with Crippen molar-refractivity contribution in [2.24, 2.45) is 0 Å². The van der Waals surface area contributed by atoms with E-state index in [0.29, 0.717) is 16.8 Å². The Bertz CT molecular complexity index is 1440. The van der Waals surface area contributed by atoms with Crippen LogP contribution in [0, 0.1) is 23.3 Å². The van der Waals surface area contributed by atoms with Crippen LogP contribution in [0.25, 0.3) is 16.7 Å². The number of carbonyl (C=O) groups is 1. The average molecular weight is 548 g/mol. The zero-order chi connectivity index (χ0) is 28.1. The molecule has 8 nitrogen and oxygen atoms in total. The van der Waals surface area contributed by atoms with Crippen LogP contribution < -0.4 is 15.6 Å². The lowest BCUT2D eigenvalue weighted by atomic mass is 10.1. The number of pyridine rings is 2. The van der Waals surface area contributed by atoms with Gasteiger partial charge in [-0.3, -0.25) is 14.2 Å². The van der Waals surface area contributed by atoms with E-state index in [1.807, 2.05) is 0 Å². The minimum atomic E-state index is -4.89. The Hall–Kier alpha value is -3.72. The molecule has 0 spiro atoms. The van der Waals surface area contributed by atoms with Crippen molar-refractivity contribution in [1.29, 1.82) is 0 Å². The van der Waals surface area contributed by atoms with E-state index >= 15 is 4.39 Å². The summed E-state index contributed by atoms with van der Waals surface area (Å²) in [6.45, 7) is 0.528. The fourth-order valence-electron chi connectivity index (χ4n) is 4.13. The Balaban J connectivity index is 1.99. The number of aliphatic hydroxyl groups excluding tert-OH is 2. The highest BCUT2D eigenvalue weighted by Gasteiger charge is 2.40. The van der Waals surface area contributed by atoms with Gasteiger partial charge in [-0.05, 0) is 12.5 Å². The van der Waals surface area contributed by atoms with E-state index in [2.05, 4.69) is 4.98 Å². The molecule has 2 aromatic heterocycles. The number of nitrogens with zero attached hydrogens (tertiary/aromatic N) is 3. The summed E-state index contributed by atoms with van der Waals surface area (Å²) in [5, 5.41) is 20.5. The summed E-state index contributed by atoms with van der Waals surface area (Å²) in [7, 11) is 0. The van der Waals surface area contributed by atoms with Crippen molar-refractivity contribution < 1.29 is 45.7 Å². The summed E-state index contributed by atoms with van der Waals surface area (Å²) in [5.74, 6) is -7.66. The van der Waals surface area contributed by atoms with Gasteiger partial charge in [0, 0.05) is 31.4 Å². The summed E-state index contributed by atoms with van der Waals surface area (Å²) in [4.78, 5) is 30.8. The fraction of sp³-hybridized carbons (Fsp3) is 0.348. The number of carbonyl (C=O) groups excluding carboxylic acids is 1. The van der Waals surface area contributed by atoms with Crippen LogP contribution in [0.4, 0.5) is 36.6 Å². The van der Waals surface area contributed by atoms with Gasteiger partial charge in [0.15, 0.2) is 28.9 Å². The first-order valence-corrected chi connectivity index (χ1v) is 11.1. The minimum Gasteiger partial charge on any atom is -0.389 e. The molecule has 0 radical (unpaired) electrons. The second-order valence-corrected chi connectivity index (χ2v) is 8.64. The Labute approximate surface area is 208 Å². The van der Waals surface area contributed by atoms with Gasteiger partial charge in [0.25, 0.3) is 5.91 Å². The summed E-state index contributed by atoms with van der Waals surface area (Å²) >= 11 is 0. The molecule has 0 saturated carbocycles. The molecule has 204 valence electrons. The number of halogens is 7. The number of rotatable bonds is 5. The number of aliphatic hydroxyl groups is 2. The van der Waals surface area contributed by atoms with Gasteiger partial charge < -0.3 is 20.4 Å². The van der Waals surface area contributed by atoms with Gasteiger partial charge in [0.1, 0.15) is 23.1 Å². The first-order chi connectivity index (χ1) is 17.7. The molecule has 1 aromatic carbocycles. The Morgan fingerprint density at radius 2 is 1.66 bits per heavy atom. The van der Waals surface area contributed by atoms with Crippen LogP contribution in [-0.4, -0.2) is 63.2 Å². The third kappa shape index (κ3) is 4.90. The fourth-order valence-corrected chi connectivity index (χ4v) is 4.13. The van der Waals surface area contributed by atoms with Crippen molar-refractivity contribution in [2.75, 3.05) is 18.0 Å². The van der Waals surface area contributed by atoms with Gasteiger partial charge in [-0.1, -0.05) is 6.92 Å². The SMILES string of the molecule is CC[C@H](NC(=O)c1cn(-c2c(F)cc(F)cc2F)c2nc(N3C[C@H](O)[C@@H](O)C3)c(F)cc2c1=O)C(F)(F)F. The number of β-amino-alcohol motifs (C(OH)–C–C–N with tert-alkyl or cyclic N) is 2. The van der Waals surface area contributed by atoms with E-state index in [1.165, 1.54) is 0 Å². The summed E-state index contributed by atoms with van der Waals surface area (Å²) in [6, 6.07) is -1.26. The molecule has 1 saturated heterocycles. The highest BCUT2D eigenvalue weighted by Crippen LogP contribution is 2.29. The lowest BCUT2D eigenvalue weighted by Crippen LogP contribution is -2.46. The number of hydrogen-bond acceptors (Lipinski definition) is 6. The maximum absolute atomic E-state index is 15.0. The second kappa shape index (κ2) is 9.87. The molecule has 4 rings (SSSR count). The number of benzene rings is 1. The van der Waals surface area contributed by atoms with Crippen molar-refractivity contribution in [3.8, 4) is 5.69 Å². The quantitative estimate of drug-likeness (QED) is 0.424. The summed E-state index contributed by atoms with van der Waals surface area (Å²) in [6.07, 6.45) is -7.54. The van der Waals surface area contributed by atoms with E-state index in [1.54, 1.807) is 5.32 Å². The average Bonchev–Trinajstić information content (AvgIpc) is 3.14. The highest BCUT2D eigenvalue weighted by molar-refractivity contribution is 5.97. The van der Waals surface area contributed by atoms with Gasteiger partial charge in [0.2, 0.25) is 5.43 Å². The Kier molecular flexibility index (Phi) is 7.09. The van der Waals surface area contributed by atoms with Crippen molar-refractivity contribution in [3.63, 3.8) is 0 Å². The molecule has 1 fully saturated rings. The van der Waals surface area contributed by atoms with E-state index in [0.717, 1.165) is 11.8 Å². The van der Waals surface area contributed by atoms with E-state index in [4.69, 9.17) is 0 Å². The Morgan fingerprint density at radius 3 is 2.18 bits per heavy atom. The maximum atomic E-state index is 15.0. The monoisotopic (exact) mass is 548 g/mol. The standard InChI is InChI=1S/C23H19F7N4O4/c1-2-17(23(28,29)30)31-22(38)11-6-34(18-12(25)3-9(24)4-13(18)26)20-10(19(11)37)5-14(27)21(32-20)33-7-15(35)16(36)8-33/h3-6,15-17,35-36H,2,7-8H2,1H3,(H,31,38)/t15-,16-,17-/m0/s1. The molecule has 0 bridgehead atoms. The molecular formula is C23H19F7N4O4. The molecule has 0 aliphatic carbocycles. The Morgan fingerprint density at radius 1 is 1.08 bits per heavy atom. The third-order valence-electron chi connectivity index (χ3n) is 6.05. The number of nitrogens with one attached hydrogen (secondary N) is 1. The molecule has 1 amide bonds. The van der Waals surface area contributed by atoms with Gasteiger partial charge in [-0.15, -0.1) is 0 Å². The normalized spacial score (nSPS) is 18.7. The molecule has 3 heterocycles. The van der Waals surface area contributed by atoms with Crippen molar-refractivity contribution in [1.82, 2.24) is 14.9 Å². The highest BCUT2D eigenvalue weighted by atomic mass is 19.4. The predicted octanol–water partition coefficient (Wildman–Crippen LogP) is 2.55. The minimum absolute atomic E-state index is 0.274. The van der Waals surface area contributed by atoms with Crippen LogP contribution in [0.2, 0.25) is 0 Å². The largest absolute Gasteiger partial charge is 0.408 e. The number of amides is 1. The predicted molar refractivity (Wildman–Crippen MR) is 119 cm³/mol. The number of alkyl halides is 3. The number of aromatic nitrogens is 2. The molecule has 15 heteroatoms. The van der Waals surface area contributed by atoms with Crippen LogP contribution in [-0.2, 0) is 0 Å². The zero-order valence-electron chi connectivity index (χ0n) is 19.4. The molecule has 38 heavy (non-hydrogen) atoms. The number of hydrogen-bond donors (Lipinski definition) is 3. The first kappa shape index (κ1) is 27.3. The molecule has 0 unspecified atom stereocenters. The first-order valence-electron chi connectivity index (χ1n) is 11.1. The van der Waals surface area contributed by atoms with Gasteiger partial charge in [-0.2, -0.15) is 13.2 Å². The topological polar surface area (TPSA) is 108 Å². The van der Waals surface area contributed by atoms with Crippen LogP contribution in [0.3, 0.4) is 0 Å². The van der Waals surface area contributed by atoms with Crippen LogP contribution in [0.5, 0.6) is 0 Å². The number of anilines is 1. The van der Waals surface area contributed by atoms with E-state index in [-0.39, 0.29) is 25.2 Å². The van der Waals surface area contributed by atoms with Crippen LogP contribution in [0.15, 0.2) is 29.2 Å². The lowest BCUT2D eigenvalue weighted by Gasteiger charge is -2.21. The molecule has 3 atom stereocenters. The van der Waals surface area contributed by atoms with Crippen molar-refractivity contribution >= 4 is 22.8 Å². The lowest BCUT2D eigenvalue weighted by molar-refractivity contribution is -0.153. The van der Waals surface area contributed by atoms with E-state index in [9.17, 15) is 46.1 Å². The maximum Gasteiger partial charge on any atom is 0.408 e. The zero-order valence-corrected chi connectivity index (χ0v) is 19.4. The molecule has 1 aliphatic heterocycles. The van der Waals surface area contributed by atoms with Gasteiger partial charge >= 0.3 is 6.18 Å². The van der Waals surface area contributed by atoms with Crippen LogP contribution in [0.1, 0.15) is 23.7 Å². The van der Waals surface area contributed by atoms with Gasteiger partial charge in [0.05, 0.1) is 17.6 Å². The molecular weight excluding hydrogens is 529 g/mol. The summed E-state index contributed by atoms with van der Waals surface area (Å²) in [5.41, 5.74) is -4.01. The van der Waals surface area contributed by atoms with E-state index < -0.39 is 93.6 Å². The van der Waals surface area contributed by atoms with Crippen LogP contribution >= 0.6 is 0 Å².